The van der Waals surface area contributed by atoms with Gasteiger partial charge in [-0.3, -0.25) is 4.79 Å². The molecule has 1 aromatic carbocycles. The average molecular weight is 368 g/mol. The zero-order valence-electron chi connectivity index (χ0n) is 15.5. The molecule has 6 nitrogen and oxygen atoms in total. The summed E-state index contributed by atoms with van der Waals surface area (Å²) in [5, 5.41) is 2.80. The van der Waals surface area contributed by atoms with Crippen LogP contribution in [0.4, 0.5) is 5.69 Å². The van der Waals surface area contributed by atoms with Gasteiger partial charge in [-0.15, -0.1) is 0 Å². The fraction of sp³-hybridized carbons (Fsp3) is 0.611. The smallest absolute Gasteiger partial charge is 0.244 e. The first-order valence-electron chi connectivity index (χ1n) is 8.68. The van der Waals surface area contributed by atoms with Crippen molar-refractivity contribution >= 4 is 21.6 Å². The van der Waals surface area contributed by atoms with Crippen molar-refractivity contribution < 1.29 is 13.2 Å². The molecule has 0 bridgehead atoms. The number of sulfonamides is 1. The van der Waals surface area contributed by atoms with Gasteiger partial charge in [-0.25, -0.2) is 13.1 Å². The molecule has 1 aromatic rings. The Morgan fingerprint density at radius 3 is 2.32 bits per heavy atom. The highest BCUT2D eigenvalue weighted by Gasteiger charge is 2.35. The third kappa shape index (κ3) is 5.03. The van der Waals surface area contributed by atoms with E-state index in [4.69, 9.17) is 5.73 Å². The summed E-state index contributed by atoms with van der Waals surface area (Å²) < 4.78 is 27.9. The number of nitrogens with one attached hydrogen (secondary N) is 2. The van der Waals surface area contributed by atoms with Crippen molar-refractivity contribution in [1.82, 2.24) is 4.72 Å². The number of anilines is 1. The maximum absolute atomic E-state index is 12.6. The molecular formula is C18H29N3O3S. The molecule has 1 saturated carbocycles. The van der Waals surface area contributed by atoms with E-state index in [2.05, 4.69) is 10.0 Å². The Morgan fingerprint density at radius 1 is 1.16 bits per heavy atom. The van der Waals surface area contributed by atoms with Gasteiger partial charge in [-0.05, 0) is 58.2 Å². The Morgan fingerprint density at radius 2 is 1.76 bits per heavy atom. The fourth-order valence-electron chi connectivity index (χ4n) is 3.09. The Bertz CT molecular complexity index is 745. The number of carbonyl (C=O) groups is 1. The van der Waals surface area contributed by atoms with E-state index in [-0.39, 0.29) is 10.8 Å². The van der Waals surface area contributed by atoms with Gasteiger partial charge < -0.3 is 11.1 Å². The maximum Gasteiger partial charge on any atom is 0.244 e. The quantitative estimate of drug-likeness (QED) is 0.761. The molecule has 0 aliphatic heterocycles. The molecule has 7 heteroatoms. The molecule has 0 saturated heterocycles. The van der Waals surface area contributed by atoms with Gasteiger partial charge in [0.15, 0.2) is 0 Å². The van der Waals surface area contributed by atoms with Gasteiger partial charge in [-0.1, -0.05) is 25.3 Å². The topological polar surface area (TPSA) is 101 Å². The summed E-state index contributed by atoms with van der Waals surface area (Å²) in [6.45, 7) is 7.08. The molecule has 0 unspecified atom stereocenters. The van der Waals surface area contributed by atoms with Crippen LogP contribution in [0.15, 0.2) is 23.1 Å². The van der Waals surface area contributed by atoms with Crippen LogP contribution in [-0.2, 0) is 14.8 Å². The third-order valence-electron chi connectivity index (χ3n) is 4.37. The van der Waals surface area contributed by atoms with E-state index in [9.17, 15) is 13.2 Å². The predicted octanol–water partition coefficient (Wildman–Crippen LogP) is 2.67. The molecule has 4 N–H and O–H groups in total. The van der Waals surface area contributed by atoms with Crippen LogP contribution in [0.5, 0.6) is 0 Å². The maximum atomic E-state index is 12.6. The van der Waals surface area contributed by atoms with E-state index >= 15 is 0 Å². The molecule has 0 heterocycles. The number of hydrogen-bond donors (Lipinski definition) is 3. The van der Waals surface area contributed by atoms with Crippen molar-refractivity contribution in [3.63, 3.8) is 0 Å². The first kappa shape index (κ1) is 19.9. The number of amides is 1. The van der Waals surface area contributed by atoms with Crippen molar-refractivity contribution in [3.8, 4) is 0 Å². The van der Waals surface area contributed by atoms with E-state index in [1.165, 1.54) is 6.07 Å². The number of nitrogens with two attached hydrogens (primary N) is 1. The van der Waals surface area contributed by atoms with E-state index in [0.717, 1.165) is 19.3 Å². The molecule has 2 rings (SSSR count). The summed E-state index contributed by atoms with van der Waals surface area (Å²) >= 11 is 0. The lowest BCUT2D eigenvalue weighted by atomic mass is 9.82. The van der Waals surface area contributed by atoms with Crippen LogP contribution < -0.4 is 15.8 Å². The van der Waals surface area contributed by atoms with Gasteiger partial charge >= 0.3 is 0 Å². The van der Waals surface area contributed by atoms with Gasteiger partial charge in [-0.2, -0.15) is 0 Å². The van der Waals surface area contributed by atoms with Crippen molar-refractivity contribution in [2.24, 2.45) is 5.73 Å². The van der Waals surface area contributed by atoms with Crippen LogP contribution in [0, 0.1) is 6.92 Å². The van der Waals surface area contributed by atoms with Crippen molar-refractivity contribution in [1.29, 1.82) is 0 Å². The lowest BCUT2D eigenvalue weighted by molar-refractivity contribution is -0.122. The summed E-state index contributed by atoms with van der Waals surface area (Å²) in [5.41, 5.74) is 5.85. The Labute approximate surface area is 150 Å². The van der Waals surface area contributed by atoms with Gasteiger partial charge in [0.25, 0.3) is 0 Å². The van der Waals surface area contributed by atoms with Gasteiger partial charge in [0, 0.05) is 11.2 Å². The van der Waals surface area contributed by atoms with E-state index in [0.29, 0.717) is 24.1 Å². The second-order valence-electron chi connectivity index (χ2n) is 8.01. The molecule has 0 atom stereocenters. The summed E-state index contributed by atoms with van der Waals surface area (Å²) in [6, 6.07) is 4.89. The molecule has 0 radical (unpaired) electrons. The Balaban J connectivity index is 2.25. The average Bonchev–Trinajstić information content (AvgIpc) is 2.47. The van der Waals surface area contributed by atoms with Crippen LogP contribution in [0.1, 0.15) is 58.4 Å². The molecule has 0 spiro atoms. The first-order chi connectivity index (χ1) is 11.4. The zero-order valence-corrected chi connectivity index (χ0v) is 16.3. The third-order valence-corrected chi connectivity index (χ3v) is 6.27. The second kappa shape index (κ2) is 7.05. The van der Waals surface area contributed by atoms with Crippen LogP contribution in [0.25, 0.3) is 0 Å². The first-order valence-corrected chi connectivity index (χ1v) is 10.2. The highest BCUT2D eigenvalue weighted by atomic mass is 32.2. The number of aryl methyl sites for hydroxylation is 1. The summed E-state index contributed by atoms with van der Waals surface area (Å²) in [6.07, 6.45) is 4.28. The lowest BCUT2D eigenvalue weighted by Crippen LogP contribution is -2.52. The van der Waals surface area contributed by atoms with Crippen molar-refractivity contribution in [2.45, 2.75) is 75.8 Å². The zero-order chi connectivity index (χ0) is 18.9. The summed E-state index contributed by atoms with van der Waals surface area (Å²) in [7, 11) is -3.68. The molecule has 0 aromatic heterocycles. The van der Waals surface area contributed by atoms with E-state index in [1.54, 1.807) is 39.8 Å². The van der Waals surface area contributed by atoms with Crippen LogP contribution in [0.2, 0.25) is 0 Å². The molecule has 25 heavy (non-hydrogen) atoms. The Kier molecular flexibility index (Phi) is 5.61. The van der Waals surface area contributed by atoms with Gasteiger partial charge in [0.1, 0.15) is 0 Å². The molecule has 1 amide bonds. The summed E-state index contributed by atoms with van der Waals surface area (Å²) in [4.78, 5) is 12.7. The highest BCUT2D eigenvalue weighted by molar-refractivity contribution is 7.89. The van der Waals surface area contributed by atoms with Crippen molar-refractivity contribution in [3.05, 3.63) is 23.8 Å². The normalized spacial score (nSPS) is 18.0. The van der Waals surface area contributed by atoms with E-state index < -0.39 is 21.1 Å². The Hall–Kier alpha value is -1.44. The largest absolute Gasteiger partial charge is 0.324 e. The van der Waals surface area contributed by atoms with Crippen LogP contribution in [-0.4, -0.2) is 25.4 Å². The minimum atomic E-state index is -3.68. The monoisotopic (exact) mass is 367 g/mol. The summed E-state index contributed by atoms with van der Waals surface area (Å²) in [5.74, 6) is -0.247. The van der Waals surface area contributed by atoms with Gasteiger partial charge in [0.05, 0.1) is 10.4 Å². The number of rotatable bonds is 4. The van der Waals surface area contributed by atoms with Crippen LogP contribution in [0.3, 0.4) is 0 Å². The van der Waals surface area contributed by atoms with Gasteiger partial charge in [0.2, 0.25) is 15.9 Å². The minimum Gasteiger partial charge on any atom is -0.324 e. The predicted molar refractivity (Wildman–Crippen MR) is 99.9 cm³/mol. The molecule has 1 aliphatic carbocycles. The molecular weight excluding hydrogens is 338 g/mol. The number of benzene rings is 1. The fourth-order valence-corrected chi connectivity index (χ4v) is 4.78. The van der Waals surface area contributed by atoms with E-state index in [1.807, 2.05) is 0 Å². The lowest BCUT2D eigenvalue weighted by Gasteiger charge is -2.31. The molecule has 1 fully saturated rings. The number of carbonyl (C=O) groups excluding carboxylic acids is 1. The van der Waals surface area contributed by atoms with Crippen LogP contribution >= 0.6 is 0 Å². The molecule has 140 valence electrons. The minimum absolute atomic E-state index is 0.162. The second-order valence-corrected chi connectivity index (χ2v) is 9.66. The standard InChI is InChI=1S/C18H29N3O3S/c1-13-8-9-14(12-15(13)25(23,24)21-17(2,3)4)20-16(22)18(19)10-6-5-7-11-18/h8-9,12,21H,5-7,10-11,19H2,1-4H3,(H,20,22). The molecule has 1 aliphatic rings. The van der Waals surface area contributed by atoms with Crippen molar-refractivity contribution in [2.75, 3.05) is 5.32 Å². The number of hydrogen-bond acceptors (Lipinski definition) is 4. The SMILES string of the molecule is Cc1ccc(NC(=O)C2(N)CCCCC2)cc1S(=O)(=O)NC(C)(C)C. The highest BCUT2D eigenvalue weighted by Crippen LogP contribution is 2.28.